The second-order valence-corrected chi connectivity index (χ2v) is 5.11. The Labute approximate surface area is 91.0 Å². The van der Waals surface area contributed by atoms with E-state index in [4.69, 9.17) is 18.1 Å². The molecule has 1 heterocycles. The molecule has 1 aromatic rings. The zero-order valence-electron chi connectivity index (χ0n) is 9.11. The first kappa shape index (κ1) is 13.7. The standard InChI is InChI=1S/C6H14O2.C4H3BS/c1-5(2,7)6(3,4)8;5-4-2-1-3-6-4/h7-8H,1-4H3;1-3H. The van der Waals surface area contributed by atoms with E-state index in [-0.39, 0.29) is 0 Å². The van der Waals surface area contributed by atoms with Gasteiger partial charge in [-0.05, 0) is 37.9 Å². The highest BCUT2D eigenvalue weighted by Crippen LogP contribution is 2.19. The van der Waals surface area contributed by atoms with Gasteiger partial charge in [0.1, 0.15) is 7.85 Å². The Hall–Kier alpha value is -0.315. The van der Waals surface area contributed by atoms with Crippen LogP contribution in [0.5, 0.6) is 0 Å². The number of aliphatic hydroxyl groups is 2. The summed E-state index contributed by atoms with van der Waals surface area (Å²) in [6.07, 6.45) is 0. The molecule has 0 aliphatic heterocycles. The lowest BCUT2D eigenvalue weighted by molar-refractivity contribution is -0.107. The predicted molar refractivity (Wildman–Crippen MR) is 62.3 cm³/mol. The van der Waals surface area contributed by atoms with Crippen LogP contribution in [-0.2, 0) is 0 Å². The van der Waals surface area contributed by atoms with E-state index in [1.54, 1.807) is 39.0 Å². The van der Waals surface area contributed by atoms with Gasteiger partial charge in [0.05, 0.1) is 11.2 Å². The molecule has 0 spiro atoms. The highest BCUT2D eigenvalue weighted by atomic mass is 32.1. The van der Waals surface area contributed by atoms with Crippen LogP contribution >= 0.6 is 11.3 Å². The van der Waals surface area contributed by atoms with Crippen molar-refractivity contribution in [3.05, 3.63) is 17.5 Å². The van der Waals surface area contributed by atoms with Crippen molar-refractivity contribution < 1.29 is 10.2 Å². The minimum Gasteiger partial charge on any atom is -0.387 e. The van der Waals surface area contributed by atoms with E-state index in [9.17, 15) is 0 Å². The van der Waals surface area contributed by atoms with E-state index in [0.29, 0.717) is 0 Å². The van der Waals surface area contributed by atoms with Gasteiger partial charge in [-0.2, -0.15) is 11.3 Å². The lowest BCUT2D eigenvalue weighted by Crippen LogP contribution is -2.44. The van der Waals surface area contributed by atoms with Crippen molar-refractivity contribution in [2.24, 2.45) is 0 Å². The van der Waals surface area contributed by atoms with Crippen LogP contribution in [0, 0.1) is 0 Å². The molecule has 0 amide bonds. The molecule has 2 nitrogen and oxygen atoms in total. The summed E-state index contributed by atoms with van der Waals surface area (Å²) in [5.74, 6) is 0. The summed E-state index contributed by atoms with van der Waals surface area (Å²) in [6.45, 7) is 6.31. The van der Waals surface area contributed by atoms with Crippen LogP contribution in [-0.4, -0.2) is 29.3 Å². The topological polar surface area (TPSA) is 40.5 Å². The molecule has 0 saturated carbocycles. The number of hydrogen-bond donors (Lipinski definition) is 2. The van der Waals surface area contributed by atoms with Gasteiger partial charge in [-0.3, -0.25) is 0 Å². The molecule has 2 radical (unpaired) electrons. The van der Waals surface area contributed by atoms with Gasteiger partial charge >= 0.3 is 0 Å². The Morgan fingerprint density at radius 3 is 1.64 bits per heavy atom. The third kappa shape index (κ3) is 5.42. The van der Waals surface area contributed by atoms with E-state index in [0.717, 1.165) is 4.78 Å². The van der Waals surface area contributed by atoms with Gasteiger partial charge in [0.2, 0.25) is 0 Å². The maximum atomic E-state index is 9.10. The summed E-state index contributed by atoms with van der Waals surface area (Å²) in [7, 11) is 5.30. The highest BCUT2D eigenvalue weighted by Gasteiger charge is 2.31. The molecular weight excluding hydrogens is 195 g/mol. The molecule has 1 aromatic heterocycles. The molecule has 2 N–H and O–H groups in total. The summed E-state index contributed by atoms with van der Waals surface area (Å²) in [5.41, 5.74) is -2.01. The zero-order valence-corrected chi connectivity index (χ0v) is 9.93. The molecule has 0 atom stereocenters. The highest BCUT2D eigenvalue weighted by molar-refractivity contribution is 7.18. The van der Waals surface area contributed by atoms with Gasteiger partial charge < -0.3 is 10.2 Å². The molecule has 0 saturated heterocycles. The summed E-state index contributed by atoms with van der Waals surface area (Å²) >= 11 is 1.56. The number of hydrogen-bond acceptors (Lipinski definition) is 3. The summed E-state index contributed by atoms with van der Waals surface area (Å²) in [5, 5.41) is 20.2. The second kappa shape index (κ2) is 4.96. The zero-order chi connectivity index (χ0) is 11.4. The fourth-order valence-corrected chi connectivity index (χ4v) is 0.763. The van der Waals surface area contributed by atoms with Crippen molar-refractivity contribution in [1.82, 2.24) is 0 Å². The molecule has 78 valence electrons. The van der Waals surface area contributed by atoms with Crippen molar-refractivity contribution in [2.45, 2.75) is 38.9 Å². The Kier molecular flexibility index (Phi) is 4.85. The molecule has 0 aliphatic rings. The lowest BCUT2D eigenvalue weighted by Gasteiger charge is -2.31. The molecule has 0 aromatic carbocycles. The molecule has 0 fully saturated rings. The molecule has 0 aliphatic carbocycles. The second-order valence-electron chi connectivity index (χ2n) is 4.13. The average Bonchev–Trinajstić information content (AvgIpc) is 2.35. The molecule has 14 heavy (non-hydrogen) atoms. The molecule has 1 rings (SSSR count). The first-order valence-corrected chi connectivity index (χ1v) is 5.26. The Morgan fingerprint density at radius 1 is 1.14 bits per heavy atom. The smallest absolute Gasteiger partial charge is 0.128 e. The van der Waals surface area contributed by atoms with Gasteiger partial charge in [0.25, 0.3) is 0 Å². The Balaban J connectivity index is 0.000000249. The maximum Gasteiger partial charge on any atom is 0.128 e. The van der Waals surface area contributed by atoms with Crippen LogP contribution < -0.4 is 4.78 Å². The fraction of sp³-hybridized carbons (Fsp3) is 0.600. The summed E-state index contributed by atoms with van der Waals surface area (Å²) in [4.78, 5) is 0. The van der Waals surface area contributed by atoms with Crippen LogP contribution in [0.25, 0.3) is 0 Å². The van der Waals surface area contributed by atoms with Crippen LogP contribution in [0.3, 0.4) is 0 Å². The van der Waals surface area contributed by atoms with Gasteiger partial charge in [0, 0.05) is 0 Å². The van der Waals surface area contributed by atoms with E-state index >= 15 is 0 Å². The number of rotatable bonds is 1. The average molecular weight is 212 g/mol. The Bertz CT molecular complexity index is 232. The van der Waals surface area contributed by atoms with Gasteiger partial charge in [-0.25, -0.2) is 0 Å². The maximum absolute atomic E-state index is 9.10. The molecule has 0 unspecified atom stereocenters. The van der Waals surface area contributed by atoms with Crippen LogP contribution in [0.15, 0.2) is 17.5 Å². The lowest BCUT2D eigenvalue weighted by atomic mass is 9.90. The molecule has 0 bridgehead atoms. The van der Waals surface area contributed by atoms with Gasteiger partial charge in [0.15, 0.2) is 0 Å². The van der Waals surface area contributed by atoms with Crippen molar-refractivity contribution in [2.75, 3.05) is 0 Å². The van der Waals surface area contributed by atoms with Gasteiger partial charge in [-0.15, -0.1) is 0 Å². The third-order valence-electron chi connectivity index (χ3n) is 2.04. The minimum absolute atomic E-state index is 0.884. The first-order valence-electron chi connectivity index (χ1n) is 4.38. The van der Waals surface area contributed by atoms with Gasteiger partial charge in [-0.1, -0.05) is 12.1 Å². The molecular formula is C10H17BO2S. The van der Waals surface area contributed by atoms with Crippen molar-refractivity contribution >= 4 is 24.0 Å². The summed E-state index contributed by atoms with van der Waals surface area (Å²) in [6, 6.07) is 3.81. The summed E-state index contributed by atoms with van der Waals surface area (Å²) < 4.78 is 0.884. The van der Waals surface area contributed by atoms with Crippen molar-refractivity contribution in [1.29, 1.82) is 0 Å². The third-order valence-corrected chi connectivity index (χ3v) is 2.74. The Morgan fingerprint density at radius 2 is 1.57 bits per heavy atom. The monoisotopic (exact) mass is 212 g/mol. The minimum atomic E-state index is -1.01. The number of thiophene rings is 1. The van der Waals surface area contributed by atoms with E-state index in [1.165, 1.54) is 0 Å². The quantitative estimate of drug-likeness (QED) is 0.683. The van der Waals surface area contributed by atoms with Crippen molar-refractivity contribution in [3.63, 3.8) is 0 Å². The SMILES string of the molecule is CC(C)(O)C(C)(C)O.[B]c1cccs1. The molecule has 4 heteroatoms. The van der Waals surface area contributed by atoms with Crippen LogP contribution in [0.1, 0.15) is 27.7 Å². The fourth-order valence-electron chi connectivity index (χ4n) is 0.291. The predicted octanol–water partition coefficient (Wildman–Crippen LogP) is 1.07. The van der Waals surface area contributed by atoms with Crippen LogP contribution in [0.2, 0.25) is 0 Å². The largest absolute Gasteiger partial charge is 0.387 e. The van der Waals surface area contributed by atoms with Crippen LogP contribution in [0.4, 0.5) is 0 Å². The van der Waals surface area contributed by atoms with E-state index in [2.05, 4.69) is 0 Å². The van der Waals surface area contributed by atoms with E-state index < -0.39 is 11.2 Å². The van der Waals surface area contributed by atoms with Crippen molar-refractivity contribution in [3.8, 4) is 0 Å². The first-order chi connectivity index (χ1) is 6.14. The van der Waals surface area contributed by atoms with E-state index in [1.807, 2.05) is 17.5 Å². The normalized spacial score (nSPS) is 11.9.